The van der Waals surface area contributed by atoms with Gasteiger partial charge in [0.25, 0.3) is 0 Å². The second-order valence-corrected chi connectivity index (χ2v) is 3.71. The van der Waals surface area contributed by atoms with Crippen LogP contribution in [0.1, 0.15) is 24.1 Å². The van der Waals surface area contributed by atoms with Gasteiger partial charge in [0.05, 0.1) is 6.04 Å². The van der Waals surface area contributed by atoms with E-state index in [9.17, 15) is 0 Å². The lowest BCUT2D eigenvalue weighted by atomic mass is 10.00. The third-order valence-corrected chi connectivity index (χ3v) is 2.32. The molecule has 0 unspecified atom stereocenters. The maximum Gasteiger partial charge on any atom is 0.0551 e. The van der Waals surface area contributed by atoms with Crippen LogP contribution in [0.5, 0.6) is 0 Å². The van der Waals surface area contributed by atoms with E-state index >= 15 is 0 Å². The van der Waals surface area contributed by atoms with E-state index in [4.69, 9.17) is 5.73 Å². The number of hydrogen-bond donors (Lipinski definition) is 1. The highest BCUT2D eigenvalue weighted by molar-refractivity contribution is 5.30. The molecule has 17 heavy (non-hydrogen) atoms. The molecule has 0 saturated heterocycles. The monoisotopic (exact) mass is 225 g/mol. The summed E-state index contributed by atoms with van der Waals surface area (Å²) < 4.78 is 0. The molecule has 0 amide bonds. The van der Waals surface area contributed by atoms with Gasteiger partial charge in [-0.15, -0.1) is 6.58 Å². The summed E-state index contributed by atoms with van der Waals surface area (Å²) in [4.78, 5) is 0. The van der Waals surface area contributed by atoms with E-state index < -0.39 is 0 Å². The zero-order chi connectivity index (χ0) is 12.5. The van der Waals surface area contributed by atoms with E-state index in [0.717, 1.165) is 11.1 Å². The predicted molar refractivity (Wildman–Crippen MR) is 74.8 cm³/mol. The van der Waals surface area contributed by atoms with Crippen molar-refractivity contribution in [2.75, 3.05) is 0 Å². The Morgan fingerprint density at radius 2 is 1.18 bits per heavy atom. The highest BCUT2D eigenvalue weighted by Crippen LogP contribution is 2.18. The molecular formula is C16H19N. The largest absolute Gasteiger partial charge is 0.320 e. The van der Waals surface area contributed by atoms with Crippen molar-refractivity contribution < 1.29 is 0 Å². The van der Waals surface area contributed by atoms with Crippen LogP contribution < -0.4 is 5.73 Å². The van der Waals surface area contributed by atoms with Crippen molar-refractivity contribution in [1.29, 1.82) is 0 Å². The molecule has 2 aromatic carbocycles. The van der Waals surface area contributed by atoms with Gasteiger partial charge in [0, 0.05) is 0 Å². The molecule has 0 bridgehead atoms. The van der Waals surface area contributed by atoms with Gasteiger partial charge in [0.2, 0.25) is 0 Å². The maximum atomic E-state index is 6.12. The molecule has 2 rings (SSSR count). The first kappa shape index (κ1) is 13.2. The fourth-order valence-electron chi connectivity index (χ4n) is 1.51. The average Bonchev–Trinajstić information content (AvgIpc) is 2.41. The average molecular weight is 225 g/mol. The zero-order valence-corrected chi connectivity index (χ0v) is 10.2. The van der Waals surface area contributed by atoms with E-state index in [1.807, 2.05) is 43.3 Å². The highest BCUT2D eigenvalue weighted by Gasteiger charge is 2.06. The van der Waals surface area contributed by atoms with Crippen molar-refractivity contribution >= 4 is 0 Å². The third kappa shape index (κ3) is 4.25. The second kappa shape index (κ2) is 7.42. The summed E-state index contributed by atoms with van der Waals surface area (Å²) in [5.74, 6) is 0. The summed E-state index contributed by atoms with van der Waals surface area (Å²) in [6, 6.07) is 20.2. The van der Waals surface area contributed by atoms with Crippen molar-refractivity contribution in [3.63, 3.8) is 0 Å². The molecule has 0 aliphatic carbocycles. The van der Waals surface area contributed by atoms with Gasteiger partial charge >= 0.3 is 0 Å². The predicted octanol–water partition coefficient (Wildman–Crippen LogP) is 3.93. The van der Waals surface area contributed by atoms with Gasteiger partial charge in [0.1, 0.15) is 0 Å². The van der Waals surface area contributed by atoms with Gasteiger partial charge in [-0.25, -0.2) is 0 Å². The van der Waals surface area contributed by atoms with Gasteiger partial charge in [-0.05, 0) is 18.1 Å². The van der Waals surface area contributed by atoms with Crippen molar-refractivity contribution in [2.45, 2.75) is 13.0 Å². The van der Waals surface area contributed by atoms with Gasteiger partial charge in [0.15, 0.2) is 0 Å². The van der Waals surface area contributed by atoms with E-state index in [1.54, 1.807) is 6.08 Å². The molecule has 2 N–H and O–H groups in total. The van der Waals surface area contributed by atoms with Crippen LogP contribution in [-0.4, -0.2) is 0 Å². The van der Waals surface area contributed by atoms with E-state index in [0.29, 0.717) is 0 Å². The molecule has 0 saturated carbocycles. The fraction of sp³-hybridized carbons (Fsp3) is 0.125. The molecule has 0 heterocycles. The third-order valence-electron chi connectivity index (χ3n) is 2.32. The lowest BCUT2D eigenvalue weighted by Gasteiger charge is -2.11. The first-order valence-corrected chi connectivity index (χ1v) is 5.72. The number of rotatable bonds is 2. The van der Waals surface area contributed by atoms with E-state index in [-0.39, 0.29) is 6.04 Å². The Labute approximate surface area is 104 Å². The second-order valence-electron chi connectivity index (χ2n) is 3.71. The summed E-state index contributed by atoms with van der Waals surface area (Å²) in [5.41, 5.74) is 8.42. The molecule has 0 aliphatic rings. The summed E-state index contributed by atoms with van der Waals surface area (Å²) in [5, 5.41) is 0. The molecule has 0 aliphatic heterocycles. The molecule has 2 aromatic rings. The van der Waals surface area contributed by atoms with Crippen LogP contribution in [0.25, 0.3) is 0 Å². The first-order valence-electron chi connectivity index (χ1n) is 5.72. The Balaban J connectivity index is 0.000000437. The molecule has 1 nitrogen and oxygen atoms in total. The minimum Gasteiger partial charge on any atom is -0.320 e. The van der Waals surface area contributed by atoms with Crippen LogP contribution in [-0.2, 0) is 0 Å². The normalized spacial score (nSPS) is 9.35. The summed E-state index contributed by atoms with van der Waals surface area (Å²) >= 11 is 0. The lowest BCUT2D eigenvalue weighted by Crippen LogP contribution is -2.11. The van der Waals surface area contributed by atoms with Crippen LogP contribution in [0.15, 0.2) is 73.3 Å². The molecule has 0 aromatic heterocycles. The Morgan fingerprint density at radius 1 is 0.882 bits per heavy atom. The zero-order valence-electron chi connectivity index (χ0n) is 10.2. The maximum absolute atomic E-state index is 6.12. The topological polar surface area (TPSA) is 26.0 Å². The van der Waals surface area contributed by atoms with E-state index in [1.165, 1.54) is 0 Å². The summed E-state index contributed by atoms with van der Waals surface area (Å²) in [6.45, 7) is 5.25. The summed E-state index contributed by atoms with van der Waals surface area (Å²) in [6.07, 6.45) is 1.75. The Hall–Kier alpha value is -1.86. The fourth-order valence-corrected chi connectivity index (χ4v) is 1.51. The van der Waals surface area contributed by atoms with Gasteiger partial charge in [-0.2, -0.15) is 0 Å². The molecule has 1 heteroatoms. The van der Waals surface area contributed by atoms with Crippen LogP contribution in [0.2, 0.25) is 0 Å². The quantitative estimate of drug-likeness (QED) is 0.770. The van der Waals surface area contributed by atoms with Crippen LogP contribution in [0.3, 0.4) is 0 Å². The number of nitrogens with two attached hydrogens (primary N) is 1. The van der Waals surface area contributed by atoms with Gasteiger partial charge < -0.3 is 5.73 Å². The molecule has 0 radical (unpaired) electrons. The number of benzene rings is 2. The molecule has 88 valence electrons. The summed E-state index contributed by atoms with van der Waals surface area (Å²) in [7, 11) is 0. The SMILES string of the molecule is C=CC.NC(c1ccccc1)c1ccccc1. The van der Waals surface area contributed by atoms with Gasteiger partial charge in [-0.3, -0.25) is 0 Å². The Bertz CT molecular complexity index is 380. The van der Waals surface area contributed by atoms with Gasteiger partial charge in [-0.1, -0.05) is 66.7 Å². The van der Waals surface area contributed by atoms with Crippen molar-refractivity contribution in [3.8, 4) is 0 Å². The van der Waals surface area contributed by atoms with Crippen molar-refractivity contribution in [1.82, 2.24) is 0 Å². The number of hydrogen-bond acceptors (Lipinski definition) is 1. The molecular weight excluding hydrogens is 206 g/mol. The Kier molecular flexibility index (Phi) is 5.76. The van der Waals surface area contributed by atoms with Crippen molar-refractivity contribution in [2.24, 2.45) is 5.73 Å². The Morgan fingerprint density at radius 3 is 1.47 bits per heavy atom. The first-order chi connectivity index (χ1) is 8.29. The minimum atomic E-state index is -0.0163. The van der Waals surface area contributed by atoms with Crippen LogP contribution in [0.4, 0.5) is 0 Å². The number of allylic oxidation sites excluding steroid dienone is 1. The molecule has 0 spiro atoms. The van der Waals surface area contributed by atoms with Crippen molar-refractivity contribution in [3.05, 3.63) is 84.4 Å². The highest BCUT2D eigenvalue weighted by atomic mass is 14.6. The molecule has 0 atom stereocenters. The standard InChI is InChI=1S/C13H13N.C3H6/c14-13(11-7-3-1-4-8-11)12-9-5-2-6-10-12;1-3-2/h1-10,13H,14H2;3H,1H2,2H3. The smallest absolute Gasteiger partial charge is 0.0551 e. The molecule has 0 fully saturated rings. The minimum absolute atomic E-state index is 0.0163. The van der Waals surface area contributed by atoms with Crippen LogP contribution >= 0.6 is 0 Å². The van der Waals surface area contributed by atoms with Crippen LogP contribution in [0, 0.1) is 0 Å². The lowest BCUT2D eigenvalue weighted by molar-refractivity contribution is 0.871. The van der Waals surface area contributed by atoms with E-state index in [2.05, 4.69) is 30.8 Å².